The van der Waals surface area contributed by atoms with Crippen molar-refractivity contribution in [2.75, 3.05) is 14.1 Å². The lowest BCUT2D eigenvalue weighted by Gasteiger charge is -2.31. The highest BCUT2D eigenvalue weighted by atomic mass is 32.1. The van der Waals surface area contributed by atoms with E-state index in [4.69, 9.17) is 17.0 Å². The second kappa shape index (κ2) is 9.57. The molecule has 1 aliphatic rings. The smallest absolute Gasteiger partial charge is 0.265 e. The minimum Gasteiger partial charge on any atom is -0.489 e. The number of aryl methyl sites for hydroxylation is 1. The summed E-state index contributed by atoms with van der Waals surface area (Å²) in [7, 11) is 3.13. The Balaban J connectivity index is 1.58. The summed E-state index contributed by atoms with van der Waals surface area (Å²) >= 11 is 5.16. The molecule has 3 aromatic rings. The molecular formula is C27H24N4O3S. The van der Waals surface area contributed by atoms with Gasteiger partial charge in [0.25, 0.3) is 11.8 Å². The van der Waals surface area contributed by atoms with Gasteiger partial charge in [0.05, 0.1) is 11.6 Å². The molecule has 35 heavy (non-hydrogen) atoms. The number of nitriles is 1. The molecule has 4 rings (SSSR count). The van der Waals surface area contributed by atoms with Crippen LogP contribution in [0.15, 0.2) is 60.2 Å². The van der Waals surface area contributed by atoms with Gasteiger partial charge < -0.3 is 9.30 Å². The van der Waals surface area contributed by atoms with E-state index in [1.54, 1.807) is 26.2 Å². The van der Waals surface area contributed by atoms with E-state index in [2.05, 4.69) is 10.6 Å². The van der Waals surface area contributed by atoms with E-state index in [0.29, 0.717) is 17.9 Å². The molecule has 0 spiro atoms. The lowest BCUT2D eigenvalue weighted by atomic mass is 10.1. The first-order valence-corrected chi connectivity index (χ1v) is 11.4. The second-order valence-corrected chi connectivity index (χ2v) is 8.65. The molecule has 1 aliphatic heterocycles. The van der Waals surface area contributed by atoms with Crippen molar-refractivity contribution in [2.24, 2.45) is 0 Å². The highest BCUT2D eigenvalue weighted by Crippen LogP contribution is 2.26. The predicted octanol–water partition coefficient (Wildman–Crippen LogP) is 4.14. The Morgan fingerprint density at radius 3 is 2.26 bits per heavy atom. The molecule has 0 N–H and O–H groups in total. The van der Waals surface area contributed by atoms with E-state index in [1.807, 2.05) is 62.4 Å². The fraction of sp³-hybridized carbons (Fsp3) is 0.185. The van der Waals surface area contributed by atoms with Crippen molar-refractivity contribution in [3.63, 3.8) is 0 Å². The third-order valence-corrected chi connectivity index (χ3v) is 6.59. The first-order valence-electron chi connectivity index (χ1n) is 10.9. The average molecular weight is 485 g/mol. The van der Waals surface area contributed by atoms with E-state index in [9.17, 15) is 14.9 Å². The zero-order valence-corrected chi connectivity index (χ0v) is 20.7. The summed E-state index contributed by atoms with van der Waals surface area (Å²) in [4.78, 5) is 28.0. The number of nitrogens with zero attached hydrogens (tertiary/aromatic N) is 4. The van der Waals surface area contributed by atoms with Gasteiger partial charge >= 0.3 is 0 Å². The summed E-state index contributed by atoms with van der Waals surface area (Å²) in [6, 6.07) is 19.1. The summed E-state index contributed by atoms with van der Waals surface area (Å²) < 4.78 is 7.93. The first kappa shape index (κ1) is 23.9. The third-order valence-electron chi connectivity index (χ3n) is 6.04. The Kier molecular flexibility index (Phi) is 6.54. The lowest BCUT2D eigenvalue weighted by Crippen LogP contribution is -2.52. The number of hydrogen-bond acceptors (Lipinski definition) is 5. The molecule has 0 aliphatic carbocycles. The Labute approximate surface area is 209 Å². The second-order valence-electron chi connectivity index (χ2n) is 8.28. The van der Waals surface area contributed by atoms with Gasteiger partial charge in [-0.1, -0.05) is 18.2 Å². The summed E-state index contributed by atoms with van der Waals surface area (Å²) in [5.41, 5.74) is 5.06. The number of benzene rings is 2. The minimum atomic E-state index is -0.414. The Morgan fingerprint density at radius 1 is 1.00 bits per heavy atom. The van der Waals surface area contributed by atoms with Crippen LogP contribution in [-0.2, 0) is 16.2 Å². The SMILES string of the molecule is Cc1cc(C=C2C(=O)N(C)C(=S)N(C)C2=O)c(C)n1-c1ccc(OCc2ccccc2C#N)cc1. The summed E-state index contributed by atoms with van der Waals surface area (Å²) in [6.07, 6.45) is 1.63. The average Bonchev–Trinajstić information content (AvgIpc) is 3.15. The number of aromatic nitrogens is 1. The lowest BCUT2D eigenvalue weighted by molar-refractivity contribution is -0.132. The minimum absolute atomic E-state index is 0.0743. The number of ether oxygens (including phenoxy) is 1. The van der Waals surface area contributed by atoms with Gasteiger partial charge in [-0.15, -0.1) is 0 Å². The summed E-state index contributed by atoms with van der Waals surface area (Å²) in [6.45, 7) is 4.21. The van der Waals surface area contributed by atoms with Crippen LogP contribution < -0.4 is 4.74 Å². The van der Waals surface area contributed by atoms with Crippen molar-refractivity contribution < 1.29 is 14.3 Å². The van der Waals surface area contributed by atoms with E-state index in [0.717, 1.165) is 28.2 Å². The van der Waals surface area contributed by atoms with Gasteiger partial charge in [0.15, 0.2) is 5.11 Å². The Bertz CT molecular complexity index is 1390. The topological polar surface area (TPSA) is 78.6 Å². The van der Waals surface area contributed by atoms with Crippen molar-refractivity contribution in [3.05, 3.63) is 88.2 Å². The summed E-state index contributed by atoms with van der Waals surface area (Å²) in [5.74, 6) is -0.142. The van der Waals surface area contributed by atoms with Crippen LogP contribution in [0.25, 0.3) is 11.8 Å². The van der Waals surface area contributed by atoms with Crippen LogP contribution in [0.4, 0.5) is 0 Å². The zero-order valence-electron chi connectivity index (χ0n) is 19.9. The molecule has 2 aromatic carbocycles. The number of carbonyl (C=O) groups excluding carboxylic acids is 2. The molecule has 0 unspecified atom stereocenters. The van der Waals surface area contributed by atoms with Crippen LogP contribution in [0.5, 0.6) is 5.75 Å². The van der Waals surface area contributed by atoms with Gasteiger partial charge in [-0.25, -0.2) is 0 Å². The molecular weight excluding hydrogens is 460 g/mol. The fourth-order valence-corrected chi connectivity index (χ4v) is 4.24. The van der Waals surface area contributed by atoms with E-state index >= 15 is 0 Å². The first-order chi connectivity index (χ1) is 16.7. The largest absolute Gasteiger partial charge is 0.489 e. The van der Waals surface area contributed by atoms with E-state index in [-0.39, 0.29) is 10.7 Å². The molecule has 0 saturated carbocycles. The van der Waals surface area contributed by atoms with Crippen molar-refractivity contribution in [2.45, 2.75) is 20.5 Å². The predicted molar refractivity (Wildman–Crippen MR) is 137 cm³/mol. The maximum atomic E-state index is 12.7. The number of rotatable bonds is 5. The molecule has 176 valence electrons. The maximum Gasteiger partial charge on any atom is 0.265 e. The van der Waals surface area contributed by atoms with Crippen molar-refractivity contribution >= 4 is 35.2 Å². The molecule has 8 heteroatoms. The van der Waals surface area contributed by atoms with Gasteiger partial charge in [0.2, 0.25) is 0 Å². The quantitative estimate of drug-likeness (QED) is 0.309. The maximum absolute atomic E-state index is 12.7. The van der Waals surface area contributed by atoms with Gasteiger partial charge in [-0.05, 0) is 74.1 Å². The number of likely N-dealkylation sites (N-methyl/N-ethyl adjacent to an activating group) is 2. The van der Waals surface area contributed by atoms with Gasteiger partial charge in [-0.3, -0.25) is 19.4 Å². The Hall–Kier alpha value is -4.22. The van der Waals surface area contributed by atoms with Crippen LogP contribution in [0, 0.1) is 25.2 Å². The van der Waals surface area contributed by atoms with E-state index < -0.39 is 11.8 Å². The normalized spacial score (nSPS) is 13.8. The van der Waals surface area contributed by atoms with Gasteiger partial charge in [0, 0.05) is 36.7 Å². The molecule has 0 atom stereocenters. The summed E-state index contributed by atoms with van der Waals surface area (Å²) in [5, 5.41) is 9.42. The number of carbonyl (C=O) groups is 2. The fourth-order valence-electron chi connectivity index (χ4n) is 4.07. The number of thiocarbonyl (C=S) groups is 1. The van der Waals surface area contributed by atoms with Crippen LogP contribution in [0.2, 0.25) is 0 Å². The highest BCUT2D eigenvalue weighted by Gasteiger charge is 2.35. The third kappa shape index (κ3) is 4.46. The molecule has 0 bridgehead atoms. The van der Waals surface area contributed by atoms with Gasteiger partial charge in [-0.2, -0.15) is 5.26 Å². The molecule has 1 saturated heterocycles. The Morgan fingerprint density at radius 2 is 1.63 bits per heavy atom. The molecule has 2 amide bonds. The molecule has 0 radical (unpaired) electrons. The van der Waals surface area contributed by atoms with Crippen LogP contribution in [0.3, 0.4) is 0 Å². The van der Waals surface area contributed by atoms with E-state index in [1.165, 1.54) is 9.80 Å². The number of amides is 2. The molecule has 1 fully saturated rings. The van der Waals surface area contributed by atoms with Crippen molar-refractivity contribution in [1.29, 1.82) is 5.26 Å². The number of hydrogen-bond donors (Lipinski definition) is 0. The monoisotopic (exact) mass is 484 g/mol. The van der Waals surface area contributed by atoms with Gasteiger partial charge in [0.1, 0.15) is 17.9 Å². The zero-order chi connectivity index (χ0) is 25.3. The van der Waals surface area contributed by atoms with Crippen LogP contribution >= 0.6 is 12.2 Å². The molecule has 7 nitrogen and oxygen atoms in total. The standard InChI is InChI=1S/C27H24N4O3S/c1-17-13-21(14-24-25(32)29(3)27(35)30(4)26(24)33)18(2)31(17)22-9-11-23(12-10-22)34-16-20-8-6-5-7-19(20)15-28/h5-14H,16H2,1-4H3. The van der Waals surface area contributed by atoms with Crippen molar-refractivity contribution in [3.8, 4) is 17.5 Å². The molecule has 1 aromatic heterocycles. The molecule has 2 heterocycles. The highest BCUT2D eigenvalue weighted by molar-refractivity contribution is 7.80. The van der Waals surface area contributed by atoms with Crippen molar-refractivity contribution in [1.82, 2.24) is 14.4 Å². The van der Waals surface area contributed by atoms with Crippen LogP contribution in [0.1, 0.15) is 28.1 Å². The van der Waals surface area contributed by atoms with Crippen LogP contribution in [-0.4, -0.2) is 45.4 Å².